The van der Waals surface area contributed by atoms with Crippen LogP contribution in [0.4, 0.5) is 11.5 Å². The third-order valence-corrected chi connectivity index (χ3v) is 3.68. The second kappa shape index (κ2) is 8.06. The fourth-order valence-corrected chi connectivity index (χ4v) is 2.34. The molecule has 7 heteroatoms. The predicted octanol–water partition coefficient (Wildman–Crippen LogP) is 2.86. The number of nitrogens with one attached hydrogen (secondary N) is 2. The predicted molar refractivity (Wildman–Crippen MR) is 98.5 cm³/mol. The van der Waals surface area contributed by atoms with Crippen molar-refractivity contribution < 1.29 is 9.53 Å². The molecule has 2 heterocycles. The normalized spacial score (nSPS) is 10.2. The van der Waals surface area contributed by atoms with Gasteiger partial charge in [-0.1, -0.05) is 12.1 Å². The standard InChI is InChI=1S/C19H19N5O2/c1-13-5-6-17(26-2)15(8-13)24-18-12-21-16(11-22-18)19(25)23-10-14-4-3-7-20-9-14/h3-9,11-12H,10H2,1-2H3,(H,22,24)(H,23,25). The van der Waals surface area contributed by atoms with E-state index in [0.717, 1.165) is 16.8 Å². The minimum atomic E-state index is -0.291. The van der Waals surface area contributed by atoms with Gasteiger partial charge in [0, 0.05) is 18.9 Å². The number of aromatic nitrogens is 3. The molecule has 1 aromatic carbocycles. The summed E-state index contributed by atoms with van der Waals surface area (Å²) in [7, 11) is 1.61. The number of carbonyl (C=O) groups is 1. The summed E-state index contributed by atoms with van der Waals surface area (Å²) in [5.41, 5.74) is 3.04. The largest absolute Gasteiger partial charge is 0.495 e. The van der Waals surface area contributed by atoms with E-state index >= 15 is 0 Å². The first kappa shape index (κ1) is 17.3. The molecule has 0 aliphatic carbocycles. The minimum absolute atomic E-state index is 0.246. The molecule has 0 spiro atoms. The SMILES string of the molecule is COc1ccc(C)cc1Nc1cnc(C(=O)NCc2cccnc2)cn1. The van der Waals surface area contributed by atoms with Crippen LogP contribution in [0, 0.1) is 6.92 Å². The van der Waals surface area contributed by atoms with Crippen molar-refractivity contribution in [2.75, 3.05) is 12.4 Å². The first-order valence-corrected chi connectivity index (χ1v) is 8.06. The van der Waals surface area contributed by atoms with E-state index < -0.39 is 0 Å². The maximum atomic E-state index is 12.2. The van der Waals surface area contributed by atoms with Gasteiger partial charge < -0.3 is 15.4 Å². The second-order valence-electron chi connectivity index (χ2n) is 5.66. The molecule has 0 bridgehead atoms. The van der Waals surface area contributed by atoms with Gasteiger partial charge in [-0.2, -0.15) is 0 Å². The number of anilines is 2. The van der Waals surface area contributed by atoms with Crippen molar-refractivity contribution in [2.45, 2.75) is 13.5 Å². The number of benzene rings is 1. The molecular weight excluding hydrogens is 330 g/mol. The van der Waals surface area contributed by atoms with Gasteiger partial charge in [-0.25, -0.2) is 9.97 Å². The van der Waals surface area contributed by atoms with Crippen LogP contribution in [-0.4, -0.2) is 28.0 Å². The highest BCUT2D eigenvalue weighted by atomic mass is 16.5. The zero-order valence-electron chi connectivity index (χ0n) is 14.6. The molecular formula is C19H19N5O2. The van der Waals surface area contributed by atoms with E-state index in [1.165, 1.54) is 12.4 Å². The molecule has 0 radical (unpaired) electrons. The molecule has 1 amide bonds. The third-order valence-electron chi connectivity index (χ3n) is 3.68. The molecule has 3 aromatic rings. The lowest BCUT2D eigenvalue weighted by molar-refractivity contribution is 0.0945. The maximum Gasteiger partial charge on any atom is 0.271 e. The van der Waals surface area contributed by atoms with Crippen LogP contribution in [0.2, 0.25) is 0 Å². The van der Waals surface area contributed by atoms with Crippen molar-refractivity contribution in [1.29, 1.82) is 0 Å². The van der Waals surface area contributed by atoms with Crippen LogP contribution in [0.1, 0.15) is 21.6 Å². The van der Waals surface area contributed by atoms with Crippen LogP contribution >= 0.6 is 0 Å². The van der Waals surface area contributed by atoms with E-state index in [2.05, 4.69) is 25.6 Å². The number of rotatable bonds is 6. The number of carbonyl (C=O) groups excluding carboxylic acids is 1. The zero-order chi connectivity index (χ0) is 18.4. The number of hydrogen-bond donors (Lipinski definition) is 2. The Morgan fingerprint density at radius 3 is 2.73 bits per heavy atom. The first-order chi connectivity index (χ1) is 12.7. The highest BCUT2D eigenvalue weighted by molar-refractivity contribution is 5.92. The molecule has 0 aliphatic heterocycles. The third kappa shape index (κ3) is 4.32. The number of amides is 1. The van der Waals surface area contributed by atoms with Crippen molar-refractivity contribution in [3.63, 3.8) is 0 Å². The summed E-state index contributed by atoms with van der Waals surface area (Å²) in [6.45, 7) is 2.38. The summed E-state index contributed by atoms with van der Waals surface area (Å²) >= 11 is 0. The van der Waals surface area contributed by atoms with Crippen LogP contribution in [-0.2, 0) is 6.54 Å². The molecule has 2 N–H and O–H groups in total. The van der Waals surface area contributed by atoms with Gasteiger partial charge >= 0.3 is 0 Å². The summed E-state index contributed by atoms with van der Waals surface area (Å²) in [6, 6.07) is 9.51. The molecule has 0 saturated carbocycles. The van der Waals surface area contributed by atoms with Crippen LogP contribution < -0.4 is 15.4 Å². The molecule has 132 valence electrons. The number of aryl methyl sites for hydroxylation is 1. The molecule has 26 heavy (non-hydrogen) atoms. The van der Waals surface area contributed by atoms with Crippen LogP contribution in [0.15, 0.2) is 55.1 Å². The van der Waals surface area contributed by atoms with Gasteiger partial charge in [-0.15, -0.1) is 0 Å². The maximum absolute atomic E-state index is 12.2. The van der Waals surface area contributed by atoms with Crippen molar-refractivity contribution in [2.24, 2.45) is 0 Å². The smallest absolute Gasteiger partial charge is 0.271 e. The molecule has 0 atom stereocenters. The summed E-state index contributed by atoms with van der Waals surface area (Å²) < 4.78 is 5.33. The van der Waals surface area contributed by atoms with Crippen molar-refractivity contribution in [1.82, 2.24) is 20.3 Å². The molecule has 0 fully saturated rings. The van der Waals surface area contributed by atoms with Crippen molar-refractivity contribution >= 4 is 17.4 Å². The van der Waals surface area contributed by atoms with Crippen LogP contribution in [0.5, 0.6) is 5.75 Å². The number of hydrogen-bond acceptors (Lipinski definition) is 6. The van der Waals surface area contributed by atoms with Gasteiger partial charge in [-0.05, 0) is 36.2 Å². The van der Waals surface area contributed by atoms with E-state index in [-0.39, 0.29) is 11.6 Å². The monoisotopic (exact) mass is 349 g/mol. The van der Waals surface area contributed by atoms with E-state index in [1.807, 2.05) is 37.3 Å². The van der Waals surface area contributed by atoms with Gasteiger partial charge in [0.2, 0.25) is 0 Å². The summed E-state index contributed by atoms with van der Waals surface area (Å²) in [5.74, 6) is 0.939. The fraction of sp³-hybridized carbons (Fsp3) is 0.158. The van der Waals surface area contributed by atoms with E-state index in [1.54, 1.807) is 19.5 Å². The lowest BCUT2D eigenvalue weighted by Crippen LogP contribution is -2.24. The van der Waals surface area contributed by atoms with E-state index in [4.69, 9.17) is 4.74 Å². The Balaban J connectivity index is 1.65. The Morgan fingerprint density at radius 2 is 2.04 bits per heavy atom. The van der Waals surface area contributed by atoms with Gasteiger partial charge in [0.25, 0.3) is 5.91 Å². The van der Waals surface area contributed by atoms with Gasteiger partial charge in [0.1, 0.15) is 17.3 Å². The highest BCUT2D eigenvalue weighted by Gasteiger charge is 2.09. The number of nitrogens with zero attached hydrogens (tertiary/aromatic N) is 3. The second-order valence-corrected chi connectivity index (χ2v) is 5.66. The van der Waals surface area contributed by atoms with Gasteiger partial charge in [-0.3, -0.25) is 9.78 Å². The Kier molecular flexibility index (Phi) is 5.38. The average molecular weight is 349 g/mol. The Labute approximate surface area is 151 Å². The van der Waals surface area contributed by atoms with Crippen LogP contribution in [0.3, 0.4) is 0 Å². The quantitative estimate of drug-likeness (QED) is 0.711. The van der Waals surface area contributed by atoms with Crippen molar-refractivity contribution in [3.05, 3.63) is 71.9 Å². The summed E-state index contributed by atoms with van der Waals surface area (Å²) in [5, 5.41) is 5.94. The summed E-state index contributed by atoms with van der Waals surface area (Å²) in [6.07, 6.45) is 6.34. The number of pyridine rings is 1. The van der Waals surface area contributed by atoms with Crippen molar-refractivity contribution in [3.8, 4) is 5.75 Å². The Morgan fingerprint density at radius 1 is 1.15 bits per heavy atom. The highest BCUT2D eigenvalue weighted by Crippen LogP contribution is 2.27. The van der Waals surface area contributed by atoms with E-state index in [0.29, 0.717) is 18.1 Å². The molecule has 0 aliphatic rings. The van der Waals surface area contributed by atoms with Gasteiger partial charge in [0.15, 0.2) is 0 Å². The van der Waals surface area contributed by atoms with E-state index in [9.17, 15) is 4.79 Å². The Hall–Kier alpha value is -3.48. The zero-order valence-corrected chi connectivity index (χ0v) is 14.6. The molecule has 0 unspecified atom stereocenters. The number of ether oxygens (including phenoxy) is 1. The Bertz CT molecular complexity index is 882. The minimum Gasteiger partial charge on any atom is -0.495 e. The molecule has 2 aromatic heterocycles. The first-order valence-electron chi connectivity index (χ1n) is 8.06. The molecule has 3 rings (SSSR count). The fourth-order valence-electron chi connectivity index (χ4n) is 2.34. The average Bonchev–Trinajstić information content (AvgIpc) is 2.68. The van der Waals surface area contributed by atoms with Crippen LogP contribution in [0.25, 0.3) is 0 Å². The lowest BCUT2D eigenvalue weighted by Gasteiger charge is -2.11. The van der Waals surface area contributed by atoms with Gasteiger partial charge in [0.05, 0.1) is 25.2 Å². The topological polar surface area (TPSA) is 89.0 Å². The lowest BCUT2D eigenvalue weighted by atomic mass is 10.2. The number of methoxy groups -OCH3 is 1. The molecule has 7 nitrogen and oxygen atoms in total. The summed E-state index contributed by atoms with van der Waals surface area (Å²) in [4.78, 5) is 24.6. The molecule has 0 saturated heterocycles.